The van der Waals surface area contributed by atoms with E-state index in [1.807, 2.05) is 0 Å². The first-order chi connectivity index (χ1) is 19.2. The van der Waals surface area contributed by atoms with Gasteiger partial charge in [-0.25, -0.2) is 0 Å². The molecule has 41 heavy (non-hydrogen) atoms. The summed E-state index contributed by atoms with van der Waals surface area (Å²) in [5, 5.41) is 76.7. The van der Waals surface area contributed by atoms with E-state index in [-0.39, 0.29) is 46.8 Å². The lowest BCUT2D eigenvalue weighted by Gasteiger charge is -2.64. The number of carbonyl (C=O) groups is 2. The van der Waals surface area contributed by atoms with E-state index in [4.69, 9.17) is 9.47 Å². The van der Waals surface area contributed by atoms with Crippen molar-refractivity contribution >= 4 is 11.9 Å². The zero-order valence-electron chi connectivity index (χ0n) is 24.1. The number of carboxylic acid groups (broad SMARTS) is 2. The Kier molecular flexibility index (Phi) is 8.57. The van der Waals surface area contributed by atoms with Gasteiger partial charge < -0.3 is 54.8 Å². The molecule has 0 spiro atoms. The molecule has 5 aliphatic rings. The second-order valence-corrected chi connectivity index (χ2v) is 14.3. The van der Waals surface area contributed by atoms with Crippen LogP contribution in [0.5, 0.6) is 0 Å². The predicted octanol–water partition coefficient (Wildman–Crippen LogP) is -1.30. The Labute approximate surface area is 240 Å². The molecule has 0 bridgehead atoms. The number of aliphatic hydroxyl groups is 5. The number of hydrogen-bond acceptors (Lipinski definition) is 11. The van der Waals surface area contributed by atoms with Crippen molar-refractivity contribution < 1.29 is 54.8 Å². The zero-order valence-corrected chi connectivity index (χ0v) is 24.1. The maximum absolute atomic E-state index is 12.1. The number of aliphatic carboxylic acids is 2. The molecule has 0 aromatic heterocycles. The minimum atomic E-state index is -1.92. The second-order valence-electron chi connectivity index (χ2n) is 14.3. The number of aliphatic hydroxyl groups excluding tert-OH is 5. The fraction of sp³-hybridized carbons (Fsp3) is 0.933. The molecule has 5 rings (SSSR count). The standard InChI is InChI=1S/C30H48O11/c1-13(4-7-19(32)33)15-5-6-16-20-17(9-11-29(15,16)2)30(3)10-8-14(31)12-18(30)25(21(20)34)40-28-24(37)22(35)23(36)26(41-28)27(38)39/h13-18,20-26,28,31,34-37H,4-12H2,1-3H3,(H,32,33)(H,38,39)/p-2/t13-,14-,15-,16+,17+,18+,20+,21+,22+,23+,24-,25-,26+,28-,29-,30-/m1/s1. The van der Waals surface area contributed by atoms with Crippen LogP contribution in [0.1, 0.15) is 78.6 Å². The lowest BCUT2D eigenvalue weighted by molar-refractivity contribution is -0.363. The minimum absolute atomic E-state index is 0.0161. The van der Waals surface area contributed by atoms with E-state index in [1.54, 1.807) is 0 Å². The van der Waals surface area contributed by atoms with Gasteiger partial charge in [-0.2, -0.15) is 0 Å². The van der Waals surface area contributed by atoms with Gasteiger partial charge in [-0.3, -0.25) is 0 Å². The van der Waals surface area contributed by atoms with Crippen molar-refractivity contribution in [1.29, 1.82) is 0 Å². The lowest BCUT2D eigenvalue weighted by atomic mass is 9.43. The Morgan fingerprint density at radius 1 is 0.878 bits per heavy atom. The van der Waals surface area contributed by atoms with Gasteiger partial charge in [0.2, 0.25) is 0 Å². The summed E-state index contributed by atoms with van der Waals surface area (Å²) < 4.78 is 11.6. The van der Waals surface area contributed by atoms with Gasteiger partial charge in [-0.15, -0.1) is 0 Å². The first kappa shape index (κ1) is 31.1. The maximum Gasteiger partial charge on any atom is 0.187 e. The molecule has 0 amide bonds. The fourth-order valence-electron chi connectivity index (χ4n) is 10.2. The summed E-state index contributed by atoms with van der Waals surface area (Å²) in [7, 11) is 0. The van der Waals surface area contributed by atoms with Crippen LogP contribution in [0, 0.1) is 46.3 Å². The minimum Gasteiger partial charge on any atom is -0.550 e. The Bertz CT molecular complexity index is 991. The molecule has 11 nitrogen and oxygen atoms in total. The van der Waals surface area contributed by atoms with E-state index < -0.39 is 61.0 Å². The number of carboxylic acids is 2. The lowest BCUT2D eigenvalue weighted by Crippen LogP contribution is -2.67. The van der Waals surface area contributed by atoms with Crippen LogP contribution in [0.25, 0.3) is 0 Å². The fourth-order valence-corrected chi connectivity index (χ4v) is 10.2. The highest BCUT2D eigenvalue weighted by molar-refractivity contribution is 5.71. The van der Waals surface area contributed by atoms with Gasteiger partial charge in [-0.05, 0) is 104 Å². The maximum atomic E-state index is 12.1. The molecule has 1 aliphatic heterocycles. The molecule has 1 saturated heterocycles. The molecule has 5 N–H and O–H groups in total. The Hall–Kier alpha value is -1.34. The summed E-state index contributed by atoms with van der Waals surface area (Å²) >= 11 is 0. The van der Waals surface area contributed by atoms with Gasteiger partial charge in [0, 0.05) is 5.97 Å². The van der Waals surface area contributed by atoms with Crippen LogP contribution < -0.4 is 10.2 Å². The first-order valence-corrected chi connectivity index (χ1v) is 15.3. The van der Waals surface area contributed by atoms with Gasteiger partial charge in [0.05, 0.1) is 24.3 Å². The van der Waals surface area contributed by atoms with Crippen molar-refractivity contribution in [1.82, 2.24) is 0 Å². The van der Waals surface area contributed by atoms with E-state index in [2.05, 4.69) is 20.8 Å². The van der Waals surface area contributed by atoms with Crippen molar-refractivity contribution in [2.24, 2.45) is 46.3 Å². The quantitative estimate of drug-likeness (QED) is 0.223. The first-order valence-electron chi connectivity index (χ1n) is 15.3. The van der Waals surface area contributed by atoms with Crippen molar-refractivity contribution in [3.05, 3.63) is 0 Å². The summed E-state index contributed by atoms with van der Waals surface area (Å²) in [6, 6.07) is 0. The van der Waals surface area contributed by atoms with Gasteiger partial charge >= 0.3 is 0 Å². The molecule has 16 atom stereocenters. The third-order valence-corrected chi connectivity index (χ3v) is 12.4. The van der Waals surface area contributed by atoms with E-state index in [0.29, 0.717) is 25.2 Å². The van der Waals surface area contributed by atoms with Gasteiger partial charge in [0.15, 0.2) is 6.29 Å². The number of hydrogen-bond donors (Lipinski definition) is 5. The van der Waals surface area contributed by atoms with Crippen molar-refractivity contribution in [2.45, 2.75) is 128 Å². The monoisotopic (exact) mass is 582 g/mol. The predicted molar refractivity (Wildman–Crippen MR) is 138 cm³/mol. The van der Waals surface area contributed by atoms with E-state index >= 15 is 0 Å². The molecule has 5 fully saturated rings. The number of fused-ring (bicyclic) bond motifs is 5. The molecule has 4 aliphatic carbocycles. The summed E-state index contributed by atoms with van der Waals surface area (Å²) in [6.07, 6.45) is -5.70. The normalized spacial score (nSPS) is 52.1. The van der Waals surface area contributed by atoms with Crippen LogP contribution in [0.4, 0.5) is 0 Å². The topological polar surface area (TPSA) is 200 Å². The van der Waals surface area contributed by atoms with E-state index in [1.165, 1.54) is 0 Å². The number of rotatable bonds is 7. The Morgan fingerprint density at radius 2 is 1.54 bits per heavy atom. The Balaban J connectivity index is 1.45. The van der Waals surface area contributed by atoms with E-state index in [9.17, 15) is 45.3 Å². The van der Waals surface area contributed by atoms with Gasteiger partial charge in [0.25, 0.3) is 0 Å². The van der Waals surface area contributed by atoms with Gasteiger partial charge in [0.1, 0.15) is 24.4 Å². The third kappa shape index (κ3) is 5.13. The van der Waals surface area contributed by atoms with Crippen LogP contribution in [-0.4, -0.2) is 86.5 Å². The van der Waals surface area contributed by atoms with Crippen molar-refractivity contribution in [3.63, 3.8) is 0 Å². The summed E-state index contributed by atoms with van der Waals surface area (Å²) in [4.78, 5) is 22.7. The average molecular weight is 583 g/mol. The largest absolute Gasteiger partial charge is 0.550 e. The highest BCUT2D eigenvalue weighted by atomic mass is 16.7. The third-order valence-electron chi connectivity index (χ3n) is 12.4. The average Bonchev–Trinajstić information content (AvgIpc) is 3.27. The van der Waals surface area contributed by atoms with Crippen LogP contribution in [0.3, 0.4) is 0 Å². The van der Waals surface area contributed by atoms with Crippen LogP contribution in [0.2, 0.25) is 0 Å². The molecule has 0 aromatic rings. The summed E-state index contributed by atoms with van der Waals surface area (Å²) in [5.41, 5.74) is -0.421. The molecule has 4 saturated carbocycles. The Morgan fingerprint density at radius 3 is 2.20 bits per heavy atom. The smallest absolute Gasteiger partial charge is 0.187 e. The van der Waals surface area contributed by atoms with Gasteiger partial charge in [-0.1, -0.05) is 20.8 Å². The molecule has 11 heteroatoms. The summed E-state index contributed by atoms with van der Waals surface area (Å²) in [5.74, 6) is -2.51. The SMILES string of the molecule is C[C@H](CCC(=O)[O-])[C@H]1CC[C@H]2[C@@H]3[C@H](O)[C@H](O[C@@H]4O[C@H](C(=O)[O-])[C@@H](O)[C@H](O)[C@H]4O)[C@@H]4C[C@H](O)CC[C@]4(C)[C@H]3CC[C@]12C. The molecule has 234 valence electrons. The molecule has 0 radical (unpaired) electrons. The second kappa shape index (κ2) is 11.3. The van der Waals surface area contributed by atoms with Crippen molar-refractivity contribution in [2.75, 3.05) is 0 Å². The molecule has 0 unspecified atom stereocenters. The van der Waals surface area contributed by atoms with Crippen LogP contribution in [0.15, 0.2) is 0 Å². The molecule has 1 heterocycles. The zero-order chi connectivity index (χ0) is 30.0. The van der Waals surface area contributed by atoms with E-state index in [0.717, 1.165) is 32.1 Å². The molecular formula is C30H46O11-2. The van der Waals surface area contributed by atoms with Crippen LogP contribution in [-0.2, 0) is 19.1 Å². The van der Waals surface area contributed by atoms with Crippen LogP contribution >= 0.6 is 0 Å². The molecule has 0 aromatic carbocycles. The highest BCUT2D eigenvalue weighted by Gasteiger charge is 2.66. The molecular weight excluding hydrogens is 536 g/mol. The summed E-state index contributed by atoms with van der Waals surface area (Å²) in [6.45, 7) is 6.55. The highest BCUT2D eigenvalue weighted by Crippen LogP contribution is 2.68. The number of carbonyl (C=O) groups excluding carboxylic acids is 2. The number of ether oxygens (including phenoxy) is 2. The van der Waals surface area contributed by atoms with Crippen molar-refractivity contribution in [3.8, 4) is 0 Å².